The number of carbonyl (C=O) groups excluding carboxylic acids is 2. The topological polar surface area (TPSA) is 108 Å². The van der Waals surface area contributed by atoms with Gasteiger partial charge in [-0.3, -0.25) is 4.79 Å². The van der Waals surface area contributed by atoms with Crippen LogP contribution >= 0.6 is 0 Å². The normalized spacial score (nSPS) is 13.9. The molecule has 3 amide bonds. The Labute approximate surface area is 192 Å². The average molecular weight is 465 g/mol. The van der Waals surface area contributed by atoms with Gasteiger partial charge in [0.25, 0.3) is 5.91 Å². The summed E-state index contributed by atoms with van der Waals surface area (Å²) in [5.74, 6) is -0.420. The number of carbonyl (C=O) groups is 2. The SMILES string of the molecule is O=C(Nc1ccccc1)Nc1ccc(NC(=O)c2cccc(S(=O)(=O)N3CCCC3)c2)cc1. The van der Waals surface area contributed by atoms with Crippen LogP contribution in [0.15, 0.2) is 83.8 Å². The largest absolute Gasteiger partial charge is 0.323 e. The zero-order valence-corrected chi connectivity index (χ0v) is 18.6. The molecule has 1 fully saturated rings. The van der Waals surface area contributed by atoms with Gasteiger partial charge in [-0.25, -0.2) is 13.2 Å². The van der Waals surface area contributed by atoms with Gasteiger partial charge in [-0.05, 0) is 67.4 Å². The van der Waals surface area contributed by atoms with Gasteiger partial charge >= 0.3 is 6.03 Å². The first-order valence-corrected chi connectivity index (χ1v) is 12.0. The fourth-order valence-electron chi connectivity index (χ4n) is 3.53. The van der Waals surface area contributed by atoms with Crippen LogP contribution in [0.2, 0.25) is 0 Å². The van der Waals surface area contributed by atoms with E-state index in [1.54, 1.807) is 48.5 Å². The second kappa shape index (κ2) is 9.85. The van der Waals surface area contributed by atoms with Gasteiger partial charge in [0.05, 0.1) is 4.90 Å². The Morgan fingerprint density at radius 3 is 1.91 bits per heavy atom. The maximum absolute atomic E-state index is 12.8. The van der Waals surface area contributed by atoms with Crippen LogP contribution < -0.4 is 16.0 Å². The summed E-state index contributed by atoms with van der Waals surface area (Å²) in [6, 6.07) is 21.4. The monoisotopic (exact) mass is 464 g/mol. The molecule has 0 saturated carbocycles. The number of para-hydroxylation sites is 1. The van der Waals surface area contributed by atoms with Gasteiger partial charge in [0, 0.05) is 35.7 Å². The van der Waals surface area contributed by atoms with Crippen LogP contribution in [0, 0.1) is 0 Å². The maximum Gasteiger partial charge on any atom is 0.323 e. The van der Waals surface area contributed by atoms with Crippen LogP contribution in [0.1, 0.15) is 23.2 Å². The van der Waals surface area contributed by atoms with Crippen molar-refractivity contribution in [1.82, 2.24) is 4.31 Å². The third-order valence-corrected chi connectivity index (χ3v) is 7.13. The smallest absolute Gasteiger partial charge is 0.322 e. The summed E-state index contributed by atoms with van der Waals surface area (Å²) in [5.41, 5.74) is 1.99. The number of nitrogens with one attached hydrogen (secondary N) is 3. The molecule has 1 saturated heterocycles. The summed E-state index contributed by atoms with van der Waals surface area (Å²) in [4.78, 5) is 24.9. The van der Waals surface area contributed by atoms with Crippen LogP contribution in [0.3, 0.4) is 0 Å². The quantitative estimate of drug-likeness (QED) is 0.503. The minimum atomic E-state index is -3.60. The lowest BCUT2D eigenvalue weighted by molar-refractivity contribution is 0.102. The predicted molar refractivity (Wildman–Crippen MR) is 128 cm³/mol. The number of benzene rings is 3. The molecule has 8 nitrogen and oxygen atoms in total. The summed E-state index contributed by atoms with van der Waals surface area (Å²) in [6.45, 7) is 1.00. The molecule has 170 valence electrons. The van der Waals surface area contributed by atoms with Gasteiger partial charge in [0.2, 0.25) is 10.0 Å². The standard InChI is InChI=1S/C24H24N4O4S/c29-23(18-7-6-10-22(17-18)33(31,32)28-15-4-5-16-28)25-20-11-13-21(14-12-20)27-24(30)26-19-8-2-1-3-9-19/h1-3,6-14,17H,4-5,15-16H2,(H,25,29)(H2,26,27,30). The Bertz CT molecular complexity index is 1240. The maximum atomic E-state index is 12.8. The van der Waals surface area contributed by atoms with E-state index in [1.807, 2.05) is 18.2 Å². The van der Waals surface area contributed by atoms with E-state index in [0.717, 1.165) is 12.8 Å². The lowest BCUT2D eigenvalue weighted by Gasteiger charge is -2.16. The number of sulfonamides is 1. The highest BCUT2D eigenvalue weighted by molar-refractivity contribution is 7.89. The van der Waals surface area contributed by atoms with Crippen molar-refractivity contribution in [3.8, 4) is 0 Å². The highest BCUT2D eigenvalue weighted by Gasteiger charge is 2.27. The van der Waals surface area contributed by atoms with Gasteiger partial charge in [-0.15, -0.1) is 0 Å². The number of anilines is 3. The molecule has 1 aliphatic rings. The second-order valence-electron chi connectivity index (χ2n) is 7.62. The Morgan fingerprint density at radius 2 is 1.27 bits per heavy atom. The first-order valence-electron chi connectivity index (χ1n) is 10.6. The first kappa shape index (κ1) is 22.5. The van der Waals surface area contributed by atoms with Crippen molar-refractivity contribution in [2.75, 3.05) is 29.0 Å². The molecule has 4 rings (SSSR count). The van der Waals surface area contributed by atoms with Crippen molar-refractivity contribution in [1.29, 1.82) is 0 Å². The lowest BCUT2D eigenvalue weighted by atomic mass is 10.2. The molecule has 3 aromatic rings. The van der Waals surface area contributed by atoms with E-state index in [9.17, 15) is 18.0 Å². The number of rotatable bonds is 6. The summed E-state index contributed by atoms with van der Waals surface area (Å²) >= 11 is 0. The Kier molecular flexibility index (Phi) is 6.71. The minimum Gasteiger partial charge on any atom is -0.322 e. The molecule has 0 aromatic heterocycles. The predicted octanol–water partition coefficient (Wildman–Crippen LogP) is 4.37. The van der Waals surface area contributed by atoms with Gasteiger partial charge < -0.3 is 16.0 Å². The van der Waals surface area contributed by atoms with E-state index in [1.165, 1.54) is 16.4 Å². The first-order chi connectivity index (χ1) is 15.9. The summed E-state index contributed by atoms with van der Waals surface area (Å²) < 4.78 is 27.0. The molecule has 3 N–H and O–H groups in total. The molecular weight excluding hydrogens is 440 g/mol. The van der Waals surface area contributed by atoms with Crippen molar-refractivity contribution in [3.05, 3.63) is 84.4 Å². The third-order valence-electron chi connectivity index (χ3n) is 5.23. The molecule has 0 radical (unpaired) electrons. The summed E-state index contributed by atoms with van der Waals surface area (Å²) in [7, 11) is -3.60. The number of hydrogen-bond donors (Lipinski definition) is 3. The van der Waals surface area contributed by atoms with Crippen molar-refractivity contribution >= 4 is 39.0 Å². The highest BCUT2D eigenvalue weighted by atomic mass is 32.2. The van der Waals surface area contributed by atoms with Gasteiger partial charge in [0.1, 0.15) is 0 Å². The zero-order valence-electron chi connectivity index (χ0n) is 17.8. The molecule has 1 heterocycles. The van der Waals surface area contributed by atoms with E-state index < -0.39 is 15.9 Å². The molecule has 0 unspecified atom stereocenters. The number of amides is 3. The average Bonchev–Trinajstić information content (AvgIpc) is 3.37. The van der Waals surface area contributed by atoms with E-state index in [0.29, 0.717) is 30.2 Å². The van der Waals surface area contributed by atoms with Crippen LogP contribution in [0.4, 0.5) is 21.9 Å². The van der Waals surface area contributed by atoms with E-state index >= 15 is 0 Å². The number of nitrogens with zero attached hydrogens (tertiary/aromatic N) is 1. The van der Waals surface area contributed by atoms with E-state index in [4.69, 9.17) is 0 Å². The zero-order chi connectivity index (χ0) is 23.3. The van der Waals surface area contributed by atoms with Gasteiger partial charge in [-0.2, -0.15) is 4.31 Å². The molecule has 9 heteroatoms. The number of hydrogen-bond acceptors (Lipinski definition) is 4. The molecular formula is C24H24N4O4S. The highest BCUT2D eigenvalue weighted by Crippen LogP contribution is 2.22. The van der Waals surface area contributed by atoms with Crippen LogP contribution in [-0.2, 0) is 10.0 Å². The van der Waals surface area contributed by atoms with Gasteiger partial charge in [0.15, 0.2) is 0 Å². The second-order valence-corrected chi connectivity index (χ2v) is 9.55. The summed E-state index contributed by atoms with van der Waals surface area (Å²) in [5, 5.41) is 8.19. The molecule has 3 aromatic carbocycles. The minimum absolute atomic E-state index is 0.112. The van der Waals surface area contributed by atoms with E-state index in [2.05, 4.69) is 16.0 Å². The number of urea groups is 1. The van der Waals surface area contributed by atoms with Crippen molar-refractivity contribution in [2.45, 2.75) is 17.7 Å². The van der Waals surface area contributed by atoms with Crippen LogP contribution in [0.25, 0.3) is 0 Å². The van der Waals surface area contributed by atoms with Crippen molar-refractivity contribution in [2.24, 2.45) is 0 Å². The van der Waals surface area contributed by atoms with Crippen molar-refractivity contribution < 1.29 is 18.0 Å². The fraction of sp³-hybridized carbons (Fsp3) is 0.167. The molecule has 0 atom stereocenters. The van der Waals surface area contributed by atoms with Crippen LogP contribution in [-0.4, -0.2) is 37.8 Å². The molecule has 0 bridgehead atoms. The summed E-state index contributed by atoms with van der Waals surface area (Å²) in [6.07, 6.45) is 1.69. The van der Waals surface area contributed by atoms with Crippen LogP contribution in [0.5, 0.6) is 0 Å². The molecule has 0 spiro atoms. The fourth-order valence-corrected chi connectivity index (χ4v) is 5.09. The molecule has 0 aliphatic carbocycles. The molecule has 33 heavy (non-hydrogen) atoms. The Balaban J connectivity index is 1.38. The molecule has 1 aliphatic heterocycles. The van der Waals surface area contributed by atoms with E-state index in [-0.39, 0.29) is 16.5 Å². The Hall–Kier alpha value is -3.69. The third kappa shape index (κ3) is 5.57. The van der Waals surface area contributed by atoms with Crippen molar-refractivity contribution in [3.63, 3.8) is 0 Å². The lowest BCUT2D eigenvalue weighted by Crippen LogP contribution is -2.28. The Morgan fingerprint density at radius 1 is 0.697 bits per heavy atom. The van der Waals surface area contributed by atoms with Gasteiger partial charge in [-0.1, -0.05) is 24.3 Å².